The van der Waals surface area contributed by atoms with Crippen molar-refractivity contribution in [3.05, 3.63) is 29.8 Å². The van der Waals surface area contributed by atoms with Crippen LogP contribution >= 0.6 is 11.8 Å². The Morgan fingerprint density at radius 2 is 1.64 bits per heavy atom. The third kappa shape index (κ3) is 14.4. The molecule has 0 aliphatic carbocycles. The summed E-state index contributed by atoms with van der Waals surface area (Å²) in [6.07, 6.45) is 4.84. The zero-order valence-electron chi connectivity index (χ0n) is 22.9. The summed E-state index contributed by atoms with van der Waals surface area (Å²) in [5, 5.41) is 10.4. The summed E-state index contributed by atoms with van der Waals surface area (Å²) in [6.45, 7) is 4.51. The number of unbranched alkanes of at least 4 members (excludes halogenated alkanes) is 2. The number of ether oxygens (including phenoxy) is 1. The van der Waals surface area contributed by atoms with Crippen LogP contribution in [-0.4, -0.2) is 60.5 Å². The Kier molecular flexibility index (Phi) is 16.3. The number of amides is 5. The maximum absolute atomic E-state index is 13.1. The highest BCUT2D eigenvalue weighted by Gasteiger charge is 2.28. The van der Waals surface area contributed by atoms with E-state index in [4.69, 9.17) is 16.2 Å². The highest BCUT2D eigenvalue weighted by molar-refractivity contribution is 8.12. The zero-order valence-corrected chi connectivity index (χ0v) is 23.7. The Morgan fingerprint density at radius 3 is 2.23 bits per heavy atom. The van der Waals surface area contributed by atoms with Crippen molar-refractivity contribution in [3.8, 4) is 0 Å². The second kappa shape index (κ2) is 18.9. The van der Waals surface area contributed by atoms with E-state index >= 15 is 0 Å². The first-order valence-electron chi connectivity index (χ1n) is 13.0. The van der Waals surface area contributed by atoms with Crippen LogP contribution in [-0.2, 0) is 25.7 Å². The van der Waals surface area contributed by atoms with Gasteiger partial charge in [-0.1, -0.05) is 32.4 Å². The molecule has 1 aromatic rings. The highest BCUT2D eigenvalue weighted by atomic mass is 32.2. The predicted molar refractivity (Wildman–Crippen MR) is 152 cm³/mol. The Morgan fingerprint density at radius 1 is 0.949 bits per heavy atom. The van der Waals surface area contributed by atoms with Crippen molar-refractivity contribution in [1.82, 2.24) is 16.0 Å². The smallest absolute Gasteiger partial charge is 0.367 e. The van der Waals surface area contributed by atoms with Gasteiger partial charge in [0.2, 0.25) is 17.7 Å². The molecule has 0 fully saturated rings. The van der Waals surface area contributed by atoms with Crippen molar-refractivity contribution in [2.45, 2.75) is 71.1 Å². The lowest BCUT2D eigenvalue weighted by Crippen LogP contribution is -2.54. The Balaban J connectivity index is 2.86. The number of carbonyl (C=O) groups is 5. The van der Waals surface area contributed by atoms with Crippen molar-refractivity contribution in [2.75, 3.05) is 24.7 Å². The topological polar surface area (TPSA) is 195 Å². The number of benzene rings is 1. The quantitative estimate of drug-likeness (QED) is 0.122. The van der Waals surface area contributed by atoms with Crippen molar-refractivity contribution in [2.24, 2.45) is 17.4 Å². The number of rotatable bonds is 17. The molecule has 5 amide bonds. The molecule has 0 aliphatic rings. The minimum Gasteiger partial charge on any atom is -0.453 e. The molecular formula is C26H42N6O6S. The SMILES string of the molecule is CSC(=O)OCc1ccc(NC(=O)C(CCCNC(N)=O)NC(=O)C(NC(=O)CCCCCN)C(C)C)cc1. The summed E-state index contributed by atoms with van der Waals surface area (Å²) in [5.41, 5.74) is 11.8. The monoisotopic (exact) mass is 566 g/mol. The van der Waals surface area contributed by atoms with E-state index in [0.29, 0.717) is 25.1 Å². The number of thioether (sulfide) groups is 1. The van der Waals surface area contributed by atoms with Gasteiger partial charge in [0.05, 0.1) is 0 Å². The minimum atomic E-state index is -0.933. The third-order valence-electron chi connectivity index (χ3n) is 5.72. The maximum atomic E-state index is 13.1. The summed E-state index contributed by atoms with van der Waals surface area (Å²) < 4.78 is 5.07. The average Bonchev–Trinajstić information content (AvgIpc) is 2.90. The first-order chi connectivity index (χ1) is 18.6. The first kappa shape index (κ1) is 33.7. The Labute approximate surface area is 234 Å². The normalized spacial score (nSPS) is 12.2. The molecule has 2 atom stereocenters. The number of nitrogens with one attached hydrogen (secondary N) is 4. The molecule has 2 unspecified atom stereocenters. The standard InChI is InChI=1S/C26H42N6O6S/c1-17(2)22(32-21(33)9-5-4-6-14-27)24(35)31-20(8-7-15-29-25(28)36)23(34)30-19-12-10-18(11-13-19)16-38-26(37)39-3/h10-13,17,20,22H,4-9,14-16,27H2,1-3H3,(H,30,34)(H,31,35)(H,32,33)(H3,28,29,36). The summed E-state index contributed by atoms with van der Waals surface area (Å²) >= 11 is 0.975. The fraction of sp³-hybridized carbons (Fsp3) is 0.577. The number of hydrogen-bond donors (Lipinski definition) is 6. The summed E-state index contributed by atoms with van der Waals surface area (Å²) in [6, 6.07) is 4.31. The molecule has 0 radical (unpaired) electrons. The van der Waals surface area contributed by atoms with Crippen LogP contribution in [0.15, 0.2) is 24.3 Å². The molecule has 1 rings (SSSR count). The van der Waals surface area contributed by atoms with E-state index in [-0.39, 0.29) is 43.1 Å². The number of urea groups is 1. The van der Waals surface area contributed by atoms with Crippen LogP contribution in [0.25, 0.3) is 0 Å². The Bertz CT molecular complexity index is 943. The van der Waals surface area contributed by atoms with Crippen molar-refractivity contribution < 1.29 is 28.7 Å². The van der Waals surface area contributed by atoms with Crippen LogP contribution in [0.2, 0.25) is 0 Å². The molecule has 1 aromatic carbocycles. The van der Waals surface area contributed by atoms with Gasteiger partial charge >= 0.3 is 11.3 Å². The van der Waals surface area contributed by atoms with Crippen LogP contribution < -0.4 is 32.7 Å². The number of anilines is 1. The van der Waals surface area contributed by atoms with Crippen molar-refractivity contribution >= 4 is 46.5 Å². The average molecular weight is 567 g/mol. The lowest BCUT2D eigenvalue weighted by molar-refractivity contribution is -0.132. The van der Waals surface area contributed by atoms with Gasteiger partial charge < -0.3 is 37.5 Å². The van der Waals surface area contributed by atoms with Crippen molar-refractivity contribution in [1.29, 1.82) is 0 Å². The molecule has 218 valence electrons. The molecule has 13 heteroatoms. The zero-order chi connectivity index (χ0) is 29.2. The molecule has 12 nitrogen and oxygen atoms in total. The molecule has 0 aromatic heterocycles. The molecular weight excluding hydrogens is 524 g/mol. The predicted octanol–water partition coefficient (Wildman–Crippen LogP) is 2.22. The van der Waals surface area contributed by atoms with E-state index in [1.807, 2.05) is 13.8 Å². The minimum absolute atomic E-state index is 0.106. The Hall–Kier alpha value is -3.32. The van der Waals surface area contributed by atoms with Crippen molar-refractivity contribution in [3.63, 3.8) is 0 Å². The molecule has 0 aliphatic heterocycles. The largest absolute Gasteiger partial charge is 0.453 e. The second-order valence-corrected chi connectivity index (χ2v) is 10.1. The summed E-state index contributed by atoms with van der Waals surface area (Å²) in [4.78, 5) is 61.0. The van der Waals surface area contributed by atoms with Gasteiger partial charge in [-0.15, -0.1) is 0 Å². The van der Waals surface area contributed by atoms with Gasteiger partial charge in [-0.3, -0.25) is 14.4 Å². The van der Waals surface area contributed by atoms with E-state index in [1.165, 1.54) is 0 Å². The number of primary amides is 1. The van der Waals surface area contributed by atoms with Gasteiger partial charge in [0.25, 0.3) is 0 Å². The molecule has 0 spiro atoms. The molecule has 8 N–H and O–H groups in total. The molecule has 0 saturated heterocycles. The molecule has 39 heavy (non-hydrogen) atoms. The number of hydrogen-bond acceptors (Lipinski definition) is 8. The fourth-order valence-electron chi connectivity index (χ4n) is 3.55. The lowest BCUT2D eigenvalue weighted by Gasteiger charge is -2.25. The maximum Gasteiger partial charge on any atom is 0.367 e. The van der Waals surface area contributed by atoms with Crippen LogP contribution in [0.1, 0.15) is 57.9 Å². The van der Waals surface area contributed by atoms with E-state index in [1.54, 1.807) is 30.5 Å². The second-order valence-electron chi connectivity index (χ2n) is 9.31. The van der Waals surface area contributed by atoms with E-state index in [9.17, 15) is 24.0 Å². The van der Waals surface area contributed by atoms with Crippen LogP contribution in [0, 0.1) is 5.92 Å². The number of nitrogens with two attached hydrogens (primary N) is 2. The van der Waals surface area contributed by atoms with Gasteiger partial charge in [-0.25, -0.2) is 9.59 Å². The van der Waals surface area contributed by atoms with Crippen LogP contribution in [0.3, 0.4) is 0 Å². The van der Waals surface area contributed by atoms with E-state index in [2.05, 4.69) is 21.3 Å². The van der Waals surface area contributed by atoms with Gasteiger partial charge in [-0.2, -0.15) is 0 Å². The highest BCUT2D eigenvalue weighted by Crippen LogP contribution is 2.14. The van der Waals surface area contributed by atoms with Gasteiger partial charge in [0.15, 0.2) is 0 Å². The fourth-order valence-corrected chi connectivity index (χ4v) is 3.73. The molecule has 0 bridgehead atoms. The van der Waals surface area contributed by atoms with Gasteiger partial charge in [-0.05, 0) is 73.9 Å². The van der Waals surface area contributed by atoms with Gasteiger partial charge in [0, 0.05) is 18.7 Å². The van der Waals surface area contributed by atoms with Gasteiger partial charge in [0.1, 0.15) is 18.7 Å². The van der Waals surface area contributed by atoms with Crippen LogP contribution in [0.4, 0.5) is 15.3 Å². The number of carbonyl (C=O) groups excluding carboxylic acids is 5. The molecule has 0 heterocycles. The van der Waals surface area contributed by atoms with E-state index in [0.717, 1.165) is 30.2 Å². The van der Waals surface area contributed by atoms with Crippen LogP contribution in [0.5, 0.6) is 0 Å². The van der Waals surface area contributed by atoms with E-state index < -0.39 is 29.9 Å². The molecule has 0 saturated carbocycles. The summed E-state index contributed by atoms with van der Waals surface area (Å²) in [5.74, 6) is -1.39. The third-order valence-corrected chi connectivity index (χ3v) is 6.17. The summed E-state index contributed by atoms with van der Waals surface area (Å²) in [7, 11) is 0. The lowest BCUT2D eigenvalue weighted by atomic mass is 10.0. The first-order valence-corrected chi connectivity index (χ1v) is 14.2.